The molecule has 1 amide bonds. The van der Waals surface area contributed by atoms with Gasteiger partial charge in [0.2, 0.25) is 5.91 Å². The summed E-state index contributed by atoms with van der Waals surface area (Å²) in [5.74, 6) is -0.933. The molecule has 0 aliphatic carbocycles. The predicted octanol–water partition coefficient (Wildman–Crippen LogP) is 3.35. The van der Waals surface area contributed by atoms with Crippen molar-refractivity contribution in [1.82, 2.24) is 4.90 Å². The van der Waals surface area contributed by atoms with E-state index in [0.717, 1.165) is 25.0 Å². The molecule has 0 spiro atoms. The van der Waals surface area contributed by atoms with Gasteiger partial charge in [-0.15, -0.1) is 0 Å². The average molecular weight is 343 g/mol. The van der Waals surface area contributed by atoms with E-state index in [1.807, 2.05) is 0 Å². The fourth-order valence-corrected chi connectivity index (χ4v) is 3.00. The summed E-state index contributed by atoms with van der Waals surface area (Å²) in [6.45, 7) is 1.05. The van der Waals surface area contributed by atoms with Crippen molar-refractivity contribution in [2.24, 2.45) is 5.92 Å². The van der Waals surface area contributed by atoms with Crippen molar-refractivity contribution in [1.29, 1.82) is 0 Å². The number of alkyl halides is 3. The zero-order valence-corrected chi connectivity index (χ0v) is 13.2. The Kier molecular flexibility index (Phi) is 5.85. The summed E-state index contributed by atoms with van der Waals surface area (Å²) in [7, 11) is 0. The van der Waals surface area contributed by atoms with Crippen LogP contribution in [0.5, 0.6) is 0 Å². The van der Waals surface area contributed by atoms with Gasteiger partial charge in [-0.3, -0.25) is 9.59 Å². The molecule has 1 aromatic rings. The Hall–Kier alpha value is -2.05. The van der Waals surface area contributed by atoms with Crippen molar-refractivity contribution in [3.63, 3.8) is 0 Å². The van der Waals surface area contributed by atoms with Crippen molar-refractivity contribution in [2.45, 2.75) is 38.3 Å². The number of nitrogens with zero attached hydrogens (tertiary/aromatic N) is 1. The van der Waals surface area contributed by atoms with E-state index < -0.39 is 17.7 Å². The van der Waals surface area contributed by atoms with Crippen LogP contribution in [0.25, 0.3) is 0 Å². The molecule has 24 heavy (non-hydrogen) atoms. The number of carbonyl (C=O) groups is 2. The summed E-state index contributed by atoms with van der Waals surface area (Å²) in [5, 5.41) is 8.73. The smallest absolute Gasteiger partial charge is 0.416 e. The van der Waals surface area contributed by atoms with Crippen LogP contribution < -0.4 is 0 Å². The number of carboxylic acid groups (broad SMARTS) is 1. The Bertz CT molecular complexity index is 601. The Morgan fingerprint density at radius 1 is 1.29 bits per heavy atom. The summed E-state index contributed by atoms with van der Waals surface area (Å²) in [5.41, 5.74) is -0.423. The molecule has 1 saturated heterocycles. The molecule has 1 atom stereocenters. The molecule has 1 N–H and O–H groups in total. The molecule has 0 saturated carbocycles. The first-order chi connectivity index (χ1) is 11.3. The largest absolute Gasteiger partial charge is 0.481 e. The third-order valence-electron chi connectivity index (χ3n) is 4.25. The minimum Gasteiger partial charge on any atom is -0.481 e. The first-order valence-electron chi connectivity index (χ1n) is 7.91. The monoisotopic (exact) mass is 343 g/mol. The van der Waals surface area contributed by atoms with Gasteiger partial charge in [-0.05, 0) is 36.8 Å². The number of likely N-dealkylation sites (tertiary alicyclic amines) is 1. The fraction of sp³-hybridized carbons (Fsp3) is 0.529. The maximum Gasteiger partial charge on any atom is 0.416 e. The first kappa shape index (κ1) is 18.3. The zero-order chi connectivity index (χ0) is 17.7. The van der Waals surface area contributed by atoms with Gasteiger partial charge in [-0.25, -0.2) is 0 Å². The van der Waals surface area contributed by atoms with E-state index in [4.69, 9.17) is 5.11 Å². The summed E-state index contributed by atoms with van der Waals surface area (Å²) < 4.78 is 38.2. The van der Waals surface area contributed by atoms with Gasteiger partial charge in [0, 0.05) is 19.5 Å². The number of carboxylic acids is 1. The van der Waals surface area contributed by atoms with Crippen LogP contribution in [0.3, 0.4) is 0 Å². The predicted molar refractivity (Wildman–Crippen MR) is 81.3 cm³/mol. The highest BCUT2D eigenvalue weighted by Gasteiger charge is 2.31. The number of halogens is 3. The highest BCUT2D eigenvalue weighted by Crippen LogP contribution is 2.30. The van der Waals surface area contributed by atoms with Gasteiger partial charge >= 0.3 is 12.1 Å². The number of piperidine rings is 1. The van der Waals surface area contributed by atoms with Crippen LogP contribution in [0, 0.1) is 5.92 Å². The van der Waals surface area contributed by atoms with E-state index in [1.165, 1.54) is 12.1 Å². The van der Waals surface area contributed by atoms with Gasteiger partial charge < -0.3 is 10.0 Å². The number of rotatable bonds is 5. The van der Waals surface area contributed by atoms with Crippen LogP contribution in [0.2, 0.25) is 0 Å². The van der Waals surface area contributed by atoms with Gasteiger partial charge in [0.05, 0.1) is 12.0 Å². The molecule has 0 aromatic heterocycles. The van der Waals surface area contributed by atoms with E-state index in [-0.39, 0.29) is 24.7 Å². The number of amides is 1. The van der Waals surface area contributed by atoms with Crippen LogP contribution in [0.4, 0.5) is 13.2 Å². The van der Waals surface area contributed by atoms with E-state index >= 15 is 0 Å². The van der Waals surface area contributed by atoms with Crippen molar-refractivity contribution < 1.29 is 27.9 Å². The number of aliphatic carboxylic acids is 1. The summed E-state index contributed by atoms with van der Waals surface area (Å²) in [6, 6.07) is 4.80. The number of hydrogen-bond donors (Lipinski definition) is 1. The Labute approximate surface area is 138 Å². The van der Waals surface area contributed by atoms with E-state index in [1.54, 1.807) is 4.90 Å². The normalized spacial score (nSPS) is 18.5. The molecule has 0 unspecified atom stereocenters. The lowest BCUT2D eigenvalue weighted by Crippen LogP contribution is -2.40. The van der Waals surface area contributed by atoms with E-state index in [0.29, 0.717) is 25.1 Å². The van der Waals surface area contributed by atoms with Crippen molar-refractivity contribution in [3.05, 3.63) is 35.4 Å². The summed E-state index contributed by atoms with van der Waals surface area (Å²) in [4.78, 5) is 24.6. The van der Waals surface area contributed by atoms with Gasteiger partial charge in [0.15, 0.2) is 0 Å². The maximum atomic E-state index is 12.7. The second-order valence-electron chi connectivity index (χ2n) is 6.16. The fourth-order valence-electron chi connectivity index (χ4n) is 3.00. The van der Waals surface area contributed by atoms with Crippen LogP contribution in [0.1, 0.15) is 36.8 Å². The zero-order valence-electron chi connectivity index (χ0n) is 13.2. The molecule has 7 heteroatoms. The van der Waals surface area contributed by atoms with Crippen molar-refractivity contribution in [2.75, 3.05) is 13.1 Å². The Morgan fingerprint density at radius 3 is 2.71 bits per heavy atom. The molecule has 1 heterocycles. The van der Waals surface area contributed by atoms with E-state index in [2.05, 4.69) is 0 Å². The van der Waals surface area contributed by atoms with Gasteiger partial charge in [0.25, 0.3) is 0 Å². The number of benzene rings is 1. The third kappa shape index (κ3) is 5.25. The molecule has 0 bridgehead atoms. The number of hydrogen-bond acceptors (Lipinski definition) is 2. The molecule has 1 aliphatic heterocycles. The second-order valence-corrected chi connectivity index (χ2v) is 6.16. The topological polar surface area (TPSA) is 57.6 Å². The third-order valence-corrected chi connectivity index (χ3v) is 4.25. The highest BCUT2D eigenvalue weighted by molar-refractivity contribution is 5.79. The molecule has 4 nitrogen and oxygen atoms in total. The average Bonchev–Trinajstić information content (AvgIpc) is 2.52. The molecule has 0 radical (unpaired) electrons. The van der Waals surface area contributed by atoms with Crippen LogP contribution in [-0.4, -0.2) is 35.0 Å². The first-order valence-corrected chi connectivity index (χ1v) is 7.91. The van der Waals surface area contributed by atoms with Crippen molar-refractivity contribution in [3.8, 4) is 0 Å². The molecular formula is C17H20F3NO3. The Balaban J connectivity index is 1.95. The minimum absolute atomic E-state index is 0.0698. The molecular weight excluding hydrogens is 323 g/mol. The SMILES string of the molecule is O=C(O)CC[C@@H]1CCCN(C(=O)Cc2cccc(C(F)(F)F)c2)C1. The quantitative estimate of drug-likeness (QED) is 0.892. The maximum absolute atomic E-state index is 12.7. The van der Waals surface area contributed by atoms with Gasteiger partial charge in [-0.1, -0.05) is 18.2 Å². The molecule has 1 aliphatic rings. The number of carbonyl (C=O) groups excluding carboxylic acids is 1. The molecule has 1 fully saturated rings. The van der Waals surface area contributed by atoms with Crippen LogP contribution in [-0.2, 0) is 22.2 Å². The van der Waals surface area contributed by atoms with E-state index in [9.17, 15) is 22.8 Å². The lowest BCUT2D eigenvalue weighted by Gasteiger charge is -2.32. The lowest BCUT2D eigenvalue weighted by atomic mass is 9.93. The minimum atomic E-state index is -4.42. The summed E-state index contributed by atoms with van der Waals surface area (Å²) >= 11 is 0. The van der Waals surface area contributed by atoms with Gasteiger partial charge in [0.1, 0.15) is 0 Å². The Morgan fingerprint density at radius 2 is 2.04 bits per heavy atom. The molecule has 2 rings (SSSR count). The lowest BCUT2D eigenvalue weighted by molar-refractivity contribution is -0.138. The summed E-state index contributed by atoms with van der Waals surface area (Å²) in [6.07, 6.45) is -2.25. The second kappa shape index (κ2) is 7.68. The van der Waals surface area contributed by atoms with Crippen molar-refractivity contribution >= 4 is 11.9 Å². The van der Waals surface area contributed by atoms with Crippen LogP contribution >= 0.6 is 0 Å². The molecule has 132 valence electrons. The highest BCUT2D eigenvalue weighted by atomic mass is 19.4. The standard InChI is InChI=1S/C17H20F3NO3/c18-17(19,20)14-5-1-3-13(9-14)10-15(22)21-8-2-4-12(11-21)6-7-16(23)24/h1,3,5,9,12H,2,4,6-8,10-11H2,(H,23,24)/t12-/m0/s1. The molecule has 1 aromatic carbocycles. The van der Waals surface area contributed by atoms with Crippen LogP contribution in [0.15, 0.2) is 24.3 Å². The van der Waals surface area contributed by atoms with Gasteiger partial charge in [-0.2, -0.15) is 13.2 Å².